The second-order valence-electron chi connectivity index (χ2n) is 6.41. The number of carbonyl (C=O) groups is 1. The van der Waals surface area contributed by atoms with E-state index in [1.165, 1.54) is 25.0 Å². The Kier molecular flexibility index (Phi) is 4.36. The Bertz CT molecular complexity index is 533. The molecule has 5 heteroatoms. The highest BCUT2D eigenvalue weighted by atomic mass is 16.5. The number of hydrogen-bond donors (Lipinski definition) is 2. The number of aliphatic hydroxyl groups is 1. The summed E-state index contributed by atoms with van der Waals surface area (Å²) in [5, 5.41) is 19.1. The molecule has 0 amide bonds. The lowest BCUT2D eigenvalue weighted by molar-refractivity contribution is -0.155. The lowest BCUT2D eigenvalue weighted by Gasteiger charge is -2.36. The van der Waals surface area contributed by atoms with Gasteiger partial charge < -0.3 is 19.8 Å². The van der Waals surface area contributed by atoms with Crippen molar-refractivity contribution < 1.29 is 19.7 Å². The zero-order valence-corrected chi connectivity index (χ0v) is 12.8. The van der Waals surface area contributed by atoms with Crippen LogP contribution in [0.1, 0.15) is 37.2 Å². The number of aromatic hydroxyl groups is 1. The highest BCUT2D eigenvalue weighted by Crippen LogP contribution is 2.36. The second kappa shape index (κ2) is 6.26. The zero-order valence-electron chi connectivity index (χ0n) is 12.8. The fraction of sp³-hybridized carbons (Fsp3) is 0.588. The van der Waals surface area contributed by atoms with Gasteiger partial charge in [-0.3, -0.25) is 4.79 Å². The normalized spacial score (nSPS) is 29.3. The molecule has 0 saturated carbocycles. The topological polar surface area (TPSA) is 70.0 Å². The van der Waals surface area contributed by atoms with Crippen LogP contribution in [0.15, 0.2) is 24.3 Å². The minimum absolute atomic E-state index is 0.0624. The zero-order chi connectivity index (χ0) is 15.7. The highest BCUT2D eigenvalue weighted by molar-refractivity contribution is 5.78. The molecule has 2 N–H and O–H groups in total. The largest absolute Gasteiger partial charge is 0.508 e. The summed E-state index contributed by atoms with van der Waals surface area (Å²) in [6, 6.07) is 7.43. The number of hydrogen-bond acceptors (Lipinski definition) is 5. The van der Waals surface area contributed by atoms with Crippen molar-refractivity contribution in [2.75, 3.05) is 13.7 Å². The van der Waals surface area contributed by atoms with E-state index in [2.05, 4.69) is 11.9 Å². The van der Waals surface area contributed by atoms with Gasteiger partial charge in [0.05, 0.1) is 6.61 Å². The number of nitrogens with zero attached hydrogens (tertiary/aromatic N) is 1. The molecule has 2 aliphatic heterocycles. The molecule has 5 nitrogen and oxygen atoms in total. The van der Waals surface area contributed by atoms with Crippen LogP contribution >= 0.6 is 0 Å². The Morgan fingerprint density at radius 1 is 1.36 bits per heavy atom. The van der Waals surface area contributed by atoms with E-state index >= 15 is 0 Å². The van der Waals surface area contributed by atoms with Gasteiger partial charge in [0.15, 0.2) is 0 Å². The summed E-state index contributed by atoms with van der Waals surface area (Å²) >= 11 is 0. The van der Waals surface area contributed by atoms with Gasteiger partial charge >= 0.3 is 5.97 Å². The average molecular weight is 305 g/mol. The average Bonchev–Trinajstić information content (AvgIpc) is 2.71. The number of phenols is 1. The number of ether oxygens (including phenoxy) is 1. The van der Waals surface area contributed by atoms with E-state index in [0.29, 0.717) is 17.6 Å². The molecule has 2 fully saturated rings. The molecule has 22 heavy (non-hydrogen) atoms. The molecule has 3 atom stereocenters. The monoisotopic (exact) mass is 305 g/mol. The minimum atomic E-state index is -0.732. The second-order valence-corrected chi connectivity index (χ2v) is 6.41. The Hall–Kier alpha value is -1.59. The van der Waals surface area contributed by atoms with Gasteiger partial charge in [-0.05, 0) is 50.4 Å². The smallest absolute Gasteiger partial charge is 0.316 e. The SMILES string of the molecule is CN1C2CCC1CC(OC(=O)C(CO)c1cccc(O)c1)C2. The maximum absolute atomic E-state index is 12.4. The van der Waals surface area contributed by atoms with Crippen LogP contribution in [0.25, 0.3) is 0 Å². The summed E-state index contributed by atoms with van der Waals surface area (Å²) in [5.41, 5.74) is 0.586. The van der Waals surface area contributed by atoms with Crippen LogP contribution in [-0.4, -0.2) is 52.9 Å². The molecule has 0 aliphatic carbocycles. The summed E-state index contributed by atoms with van der Waals surface area (Å²) in [6.45, 7) is -0.318. The van der Waals surface area contributed by atoms with Crippen molar-refractivity contribution in [3.8, 4) is 5.75 Å². The lowest BCUT2D eigenvalue weighted by atomic mass is 9.98. The van der Waals surface area contributed by atoms with Gasteiger partial charge in [0, 0.05) is 12.1 Å². The number of aliphatic hydroxyl groups excluding tert-OH is 1. The van der Waals surface area contributed by atoms with Gasteiger partial charge in [0.25, 0.3) is 0 Å². The molecule has 2 aliphatic rings. The molecular weight excluding hydrogens is 282 g/mol. The van der Waals surface area contributed by atoms with Crippen LogP contribution in [0.5, 0.6) is 5.75 Å². The highest BCUT2D eigenvalue weighted by Gasteiger charge is 2.40. The van der Waals surface area contributed by atoms with Crippen molar-refractivity contribution in [3.05, 3.63) is 29.8 Å². The van der Waals surface area contributed by atoms with Crippen LogP contribution in [0.4, 0.5) is 0 Å². The molecule has 3 unspecified atom stereocenters. The van der Waals surface area contributed by atoms with Crippen LogP contribution < -0.4 is 0 Å². The summed E-state index contributed by atoms with van der Waals surface area (Å²) in [7, 11) is 2.14. The van der Waals surface area contributed by atoms with Crippen molar-refractivity contribution >= 4 is 5.97 Å². The molecule has 2 saturated heterocycles. The summed E-state index contributed by atoms with van der Waals surface area (Å²) in [6.07, 6.45) is 4.03. The van der Waals surface area contributed by atoms with Crippen molar-refractivity contribution in [2.24, 2.45) is 0 Å². The third-order valence-electron chi connectivity index (χ3n) is 5.08. The van der Waals surface area contributed by atoms with Crippen LogP contribution in [0, 0.1) is 0 Å². The third kappa shape index (κ3) is 2.96. The standard InChI is InChI=1S/C17H23NO4/c1-18-12-5-6-13(18)9-15(8-12)22-17(21)16(10-19)11-3-2-4-14(20)7-11/h2-4,7,12-13,15-16,19-20H,5-6,8-10H2,1H3. The van der Waals surface area contributed by atoms with E-state index in [-0.39, 0.29) is 18.5 Å². The first-order valence-electron chi connectivity index (χ1n) is 7.90. The molecule has 120 valence electrons. The molecule has 1 aromatic rings. The van der Waals surface area contributed by atoms with Gasteiger partial charge in [-0.15, -0.1) is 0 Å². The van der Waals surface area contributed by atoms with Crippen molar-refractivity contribution in [1.82, 2.24) is 4.90 Å². The van der Waals surface area contributed by atoms with E-state index in [1.54, 1.807) is 12.1 Å². The predicted octanol–water partition coefficient (Wildman–Crippen LogP) is 1.64. The number of carbonyl (C=O) groups excluding carboxylic acids is 1. The summed E-state index contributed by atoms with van der Waals surface area (Å²) < 4.78 is 5.66. The van der Waals surface area contributed by atoms with E-state index in [1.807, 2.05) is 0 Å². The molecule has 0 spiro atoms. The van der Waals surface area contributed by atoms with Gasteiger partial charge in [-0.1, -0.05) is 12.1 Å². The Balaban J connectivity index is 1.66. The maximum Gasteiger partial charge on any atom is 0.316 e. The first-order valence-corrected chi connectivity index (χ1v) is 7.90. The van der Waals surface area contributed by atoms with E-state index in [9.17, 15) is 15.0 Å². The van der Waals surface area contributed by atoms with Crippen molar-refractivity contribution in [1.29, 1.82) is 0 Å². The molecule has 2 heterocycles. The fourth-order valence-corrected chi connectivity index (χ4v) is 3.76. The molecule has 3 rings (SSSR count). The number of esters is 1. The quantitative estimate of drug-likeness (QED) is 0.828. The molecular formula is C17H23NO4. The Morgan fingerprint density at radius 2 is 2.05 bits per heavy atom. The third-order valence-corrected chi connectivity index (χ3v) is 5.08. The molecule has 0 radical (unpaired) electrons. The number of phenolic OH excluding ortho intramolecular Hbond substituents is 1. The van der Waals surface area contributed by atoms with Crippen molar-refractivity contribution in [2.45, 2.75) is 49.8 Å². The first kappa shape index (κ1) is 15.3. The maximum atomic E-state index is 12.4. The fourth-order valence-electron chi connectivity index (χ4n) is 3.76. The summed E-state index contributed by atoms with van der Waals surface area (Å²) in [5.74, 6) is -1.05. The van der Waals surface area contributed by atoms with Gasteiger partial charge in [0.1, 0.15) is 17.8 Å². The first-order chi connectivity index (χ1) is 10.6. The van der Waals surface area contributed by atoms with Gasteiger partial charge in [-0.2, -0.15) is 0 Å². The summed E-state index contributed by atoms with van der Waals surface area (Å²) in [4.78, 5) is 14.8. The number of rotatable bonds is 4. The molecule has 1 aromatic carbocycles. The Labute approximate surface area is 130 Å². The number of piperidine rings is 1. The van der Waals surface area contributed by atoms with E-state index < -0.39 is 11.9 Å². The van der Waals surface area contributed by atoms with Crippen LogP contribution in [0.2, 0.25) is 0 Å². The van der Waals surface area contributed by atoms with E-state index in [0.717, 1.165) is 12.8 Å². The van der Waals surface area contributed by atoms with Gasteiger partial charge in [-0.25, -0.2) is 0 Å². The minimum Gasteiger partial charge on any atom is -0.508 e. The van der Waals surface area contributed by atoms with Crippen LogP contribution in [0.3, 0.4) is 0 Å². The molecule has 0 aromatic heterocycles. The van der Waals surface area contributed by atoms with Gasteiger partial charge in [0.2, 0.25) is 0 Å². The van der Waals surface area contributed by atoms with Crippen molar-refractivity contribution in [3.63, 3.8) is 0 Å². The lowest BCUT2D eigenvalue weighted by Crippen LogP contribution is -2.43. The Morgan fingerprint density at radius 3 is 2.64 bits per heavy atom. The number of fused-ring (bicyclic) bond motifs is 2. The number of benzene rings is 1. The van der Waals surface area contributed by atoms with Crippen LogP contribution in [-0.2, 0) is 9.53 Å². The van der Waals surface area contributed by atoms with E-state index in [4.69, 9.17) is 4.74 Å². The molecule has 2 bridgehead atoms. The predicted molar refractivity (Wildman–Crippen MR) is 81.6 cm³/mol.